The Hall–Kier alpha value is -0.480. The van der Waals surface area contributed by atoms with Crippen LogP contribution in [0.2, 0.25) is 0 Å². The summed E-state index contributed by atoms with van der Waals surface area (Å²) in [4.78, 5) is 0. The average molecular weight is 126 g/mol. The van der Waals surface area contributed by atoms with Crippen LogP contribution in [0.3, 0.4) is 0 Å². The molecule has 1 nitrogen and oxygen atoms in total. The molecule has 0 rings (SSSR count). The zero-order valence-corrected chi connectivity index (χ0v) is 6.31. The predicted octanol–water partition coefficient (Wildman–Crippen LogP) is 1.42. The van der Waals surface area contributed by atoms with Gasteiger partial charge in [-0.05, 0) is 19.8 Å². The Bertz CT molecular complexity index is 116. The van der Waals surface area contributed by atoms with E-state index in [0.29, 0.717) is 5.92 Å². The number of rotatable bonds is 2. The van der Waals surface area contributed by atoms with Gasteiger partial charge in [0.15, 0.2) is 0 Å². The number of aliphatic hydroxyl groups excluding tert-OH is 1. The van der Waals surface area contributed by atoms with Crippen molar-refractivity contribution >= 4 is 0 Å². The van der Waals surface area contributed by atoms with E-state index in [9.17, 15) is 0 Å². The van der Waals surface area contributed by atoms with Crippen molar-refractivity contribution in [3.05, 3.63) is 0 Å². The van der Waals surface area contributed by atoms with Gasteiger partial charge in [0, 0.05) is 6.42 Å². The second kappa shape index (κ2) is 4.40. The van der Waals surface area contributed by atoms with E-state index in [4.69, 9.17) is 5.11 Å². The maximum atomic E-state index is 8.98. The molecule has 0 aliphatic carbocycles. The standard InChI is InChI=1S/C8H14O/c1-4-5-6-7(2)8(3)9/h7-9H,6H2,1-3H3. The molecule has 9 heavy (non-hydrogen) atoms. The maximum Gasteiger partial charge on any atom is 0.0546 e. The summed E-state index contributed by atoms with van der Waals surface area (Å²) in [6.45, 7) is 5.60. The Kier molecular flexibility index (Phi) is 4.17. The largest absolute Gasteiger partial charge is 0.393 e. The lowest BCUT2D eigenvalue weighted by molar-refractivity contribution is 0.137. The van der Waals surface area contributed by atoms with Crippen molar-refractivity contribution in [1.29, 1.82) is 0 Å². The summed E-state index contributed by atoms with van der Waals surface area (Å²) < 4.78 is 0. The Morgan fingerprint density at radius 3 is 2.33 bits per heavy atom. The minimum atomic E-state index is -0.231. The molecule has 0 fully saturated rings. The van der Waals surface area contributed by atoms with Crippen molar-refractivity contribution in [1.82, 2.24) is 0 Å². The number of hydrogen-bond donors (Lipinski definition) is 1. The van der Waals surface area contributed by atoms with Gasteiger partial charge in [-0.2, -0.15) is 0 Å². The summed E-state index contributed by atoms with van der Waals surface area (Å²) in [5.74, 6) is 6.01. The minimum Gasteiger partial charge on any atom is -0.393 e. The van der Waals surface area contributed by atoms with E-state index >= 15 is 0 Å². The van der Waals surface area contributed by atoms with Crippen molar-refractivity contribution < 1.29 is 5.11 Å². The molecule has 0 heterocycles. The Morgan fingerprint density at radius 2 is 2.00 bits per heavy atom. The summed E-state index contributed by atoms with van der Waals surface area (Å²) in [6.07, 6.45) is 0.569. The van der Waals surface area contributed by atoms with Crippen LogP contribution in [0.15, 0.2) is 0 Å². The lowest BCUT2D eigenvalue weighted by Crippen LogP contribution is -2.11. The first-order valence-electron chi connectivity index (χ1n) is 3.26. The smallest absolute Gasteiger partial charge is 0.0546 e. The van der Waals surface area contributed by atoms with E-state index in [1.807, 2.05) is 13.8 Å². The highest BCUT2D eigenvalue weighted by atomic mass is 16.3. The summed E-state index contributed by atoms with van der Waals surface area (Å²) >= 11 is 0. The lowest BCUT2D eigenvalue weighted by Gasteiger charge is -2.09. The van der Waals surface area contributed by atoms with Crippen LogP contribution in [0.5, 0.6) is 0 Å². The highest BCUT2D eigenvalue weighted by molar-refractivity contribution is 4.96. The molecule has 0 radical (unpaired) electrons. The maximum absolute atomic E-state index is 8.98. The van der Waals surface area contributed by atoms with E-state index in [2.05, 4.69) is 11.8 Å². The molecule has 2 atom stereocenters. The van der Waals surface area contributed by atoms with Gasteiger partial charge < -0.3 is 5.11 Å². The minimum absolute atomic E-state index is 0.231. The van der Waals surface area contributed by atoms with Crippen LogP contribution < -0.4 is 0 Å². The van der Waals surface area contributed by atoms with Gasteiger partial charge in [0.25, 0.3) is 0 Å². The highest BCUT2D eigenvalue weighted by Gasteiger charge is 2.05. The van der Waals surface area contributed by atoms with Crippen molar-refractivity contribution in [3.8, 4) is 11.8 Å². The summed E-state index contributed by atoms with van der Waals surface area (Å²) in [5, 5.41) is 8.98. The Labute approximate surface area is 57.1 Å². The zero-order valence-electron chi connectivity index (χ0n) is 6.31. The van der Waals surface area contributed by atoms with Gasteiger partial charge in [0.2, 0.25) is 0 Å². The van der Waals surface area contributed by atoms with Gasteiger partial charge in [0.05, 0.1) is 6.10 Å². The zero-order chi connectivity index (χ0) is 7.28. The summed E-state index contributed by atoms with van der Waals surface area (Å²) in [5.41, 5.74) is 0. The molecular formula is C8H14O. The molecule has 0 aliphatic rings. The molecule has 1 heteroatoms. The first-order chi connectivity index (χ1) is 4.18. The van der Waals surface area contributed by atoms with Crippen LogP contribution >= 0.6 is 0 Å². The van der Waals surface area contributed by atoms with Crippen LogP contribution in [0, 0.1) is 17.8 Å². The van der Waals surface area contributed by atoms with Gasteiger partial charge in [-0.25, -0.2) is 0 Å². The fourth-order valence-electron chi connectivity index (χ4n) is 0.434. The van der Waals surface area contributed by atoms with Crippen LogP contribution in [0.1, 0.15) is 27.2 Å². The molecule has 0 amide bonds. The third-order valence-corrected chi connectivity index (χ3v) is 1.42. The normalized spacial score (nSPS) is 15.6. The van der Waals surface area contributed by atoms with Crippen LogP contribution in [-0.4, -0.2) is 11.2 Å². The Morgan fingerprint density at radius 1 is 1.44 bits per heavy atom. The first kappa shape index (κ1) is 8.52. The van der Waals surface area contributed by atoms with E-state index < -0.39 is 0 Å². The average Bonchev–Trinajstić information content (AvgIpc) is 1.82. The molecule has 0 aromatic rings. The van der Waals surface area contributed by atoms with Crippen molar-refractivity contribution in [2.24, 2.45) is 5.92 Å². The Balaban J connectivity index is 3.46. The van der Waals surface area contributed by atoms with Crippen molar-refractivity contribution in [2.45, 2.75) is 33.3 Å². The van der Waals surface area contributed by atoms with Crippen LogP contribution in [-0.2, 0) is 0 Å². The molecule has 52 valence electrons. The van der Waals surface area contributed by atoms with Crippen molar-refractivity contribution in [2.75, 3.05) is 0 Å². The molecule has 0 spiro atoms. The first-order valence-corrected chi connectivity index (χ1v) is 3.26. The number of hydrogen-bond acceptors (Lipinski definition) is 1. The number of aliphatic hydroxyl groups is 1. The molecule has 0 bridgehead atoms. The quantitative estimate of drug-likeness (QED) is 0.555. The fraction of sp³-hybridized carbons (Fsp3) is 0.750. The van der Waals surface area contributed by atoms with E-state index in [1.54, 1.807) is 6.92 Å². The summed E-state index contributed by atoms with van der Waals surface area (Å²) in [6, 6.07) is 0. The molecule has 1 N–H and O–H groups in total. The molecule has 0 saturated heterocycles. The third kappa shape index (κ3) is 4.05. The van der Waals surface area contributed by atoms with Gasteiger partial charge >= 0.3 is 0 Å². The van der Waals surface area contributed by atoms with E-state index in [1.165, 1.54) is 0 Å². The highest BCUT2D eigenvalue weighted by Crippen LogP contribution is 2.05. The predicted molar refractivity (Wildman–Crippen MR) is 38.9 cm³/mol. The van der Waals surface area contributed by atoms with E-state index in [-0.39, 0.29) is 6.10 Å². The lowest BCUT2D eigenvalue weighted by atomic mass is 10.0. The molecule has 2 unspecified atom stereocenters. The SMILES string of the molecule is CC#CCC(C)C(C)O. The summed E-state index contributed by atoms with van der Waals surface area (Å²) in [7, 11) is 0. The molecule has 0 saturated carbocycles. The molecule has 0 aliphatic heterocycles. The van der Waals surface area contributed by atoms with Crippen LogP contribution in [0.4, 0.5) is 0 Å². The fourth-order valence-corrected chi connectivity index (χ4v) is 0.434. The monoisotopic (exact) mass is 126 g/mol. The topological polar surface area (TPSA) is 20.2 Å². The second-order valence-electron chi connectivity index (χ2n) is 2.35. The second-order valence-corrected chi connectivity index (χ2v) is 2.35. The molecule has 0 aromatic carbocycles. The van der Waals surface area contributed by atoms with Gasteiger partial charge in [-0.1, -0.05) is 6.92 Å². The third-order valence-electron chi connectivity index (χ3n) is 1.42. The van der Waals surface area contributed by atoms with Gasteiger partial charge in [0.1, 0.15) is 0 Å². The molecule has 0 aromatic heterocycles. The molecular weight excluding hydrogens is 112 g/mol. The van der Waals surface area contributed by atoms with E-state index in [0.717, 1.165) is 6.42 Å². The van der Waals surface area contributed by atoms with Gasteiger partial charge in [-0.15, -0.1) is 11.8 Å². The van der Waals surface area contributed by atoms with Crippen molar-refractivity contribution in [3.63, 3.8) is 0 Å². The van der Waals surface area contributed by atoms with Crippen LogP contribution in [0.25, 0.3) is 0 Å². The van der Waals surface area contributed by atoms with Gasteiger partial charge in [-0.3, -0.25) is 0 Å².